The minimum Gasteiger partial charge on any atom is -0.375 e. The molecule has 1 saturated carbocycles. The van der Waals surface area contributed by atoms with Gasteiger partial charge in [0.05, 0.1) is 35.5 Å². The number of ketones is 1. The molecule has 162 valence electrons. The van der Waals surface area contributed by atoms with E-state index in [9.17, 15) is 9.59 Å². The summed E-state index contributed by atoms with van der Waals surface area (Å²) < 4.78 is 5.45. The first-order valence-corrected chi connectivity index (χ1v) is 11.6. The van der Waals surface area contributed by atoms with Crippen molar-refractivity contribution in [3.8, 4) is 0 Å². The van der Waals surface area contributed by atoms with Crippen molar-refractivity contribution in [2.24, 2.45) is 5.73 Å². The van der Waals surface area contributed by atoms with Crippen LogP contribution in [0.15, 0.2) is 24.3 Å². The Labute approximate surface area is 188 Å². The maximum Gasteiger partial charge on any atom is 0.280 e. The van der Waals surface area contributed by atoms with Gasteiger partial charge in [-0.3, -0.25) is 9.59 Å². The molecule has 0 saturated heterocycles. The van der Waals surface area contributed by atoms with Crippen molar-refractivity contribution in [2.75, 3.05) is 6.61 Å². The van der Waals surface area contributed by atoms with Crippen LogP contribution in [0.1, 0.15) is 56.5 Å². The normalized spacial score (nSPS) is 23.5. The highest BCUT2D eigenvalue weighted by molar-refractivity contribution is 7.13. The predicted molar refractivity (Wildman–Crippen MR) is 120 cm³/mol. The van der Waals surface area contributed by atoms with Gasteiger partial charge in [0.2, 0.25) is 5.78 Å². The monoisotopic (exact) mass is 458 g/mol. The Morgan fingerprint density at radius 2 is 2.19 bits per heavy atom. The lowest BCUT2D eigenvalue weighted by molar-refractivity contribution is 0.0754. The molecule has 31 heavy (non-hydrogen) atoms. The number of benzene rings is 1. The molecule has 2 unspecified atom stereocenters. The van der Waals surface area contributed by atoms with Gasteiger partial charge in [0.1, 0.15) is 5.54 Å². The summed E-state index contributed by atoms with van der Waals surface area (Å²) in [7, 11) is 0. The van der Waals surface area contributed by atoms with Gasteiger partial charge < -0.3 is 20.8 Å². The molecular weight excluding hydrogens is 436 g/mol. The fraction of sp³-hybridized carbons (Fsp3) is 0.409. The molecule has 5 rings (SSSR count). The molecule has 7 nitrogen and oxygen atoms in total. The average Bonchev–Trinajstić information content (AvgIpc) is 3.38. The lowest BCUT2D eigenvalue weighted by Crippen LogP contribution is -2.64. The summed E-state index contributed by atoms with van der Waals surface area (Å²) in [6, 6.07) is 6.73. The highest BCUT2D eigenvalue weighted by Gasteiger charge is 2.45. The third-order valence-corrected chi connectivity index (χ3v) is 7.50. The number of rotatable bonds is 4. The van der Waals surface area contributed by atoms with Gasteiger partial charge in [-0.05, 0) is 37.1 Å². The van der Waals surface area contributed by atoms with Crippen LogP contribution < -0.4 is 11.1 Å². The van der Waals surface area contributed by atoms with Crippen molar-refractivity contribution < 1.29 is 14.3 Å². The van der Waals surface area contributed by atoms with Crippen LogP contribution in [0, 0.1) is 0 Å². The number of amides is 1. The van der Waals surface area contributed by atoms with Gasteiger partial charge in [-0.15, -0.1) is 11.3 Å². The Balaban J connectivity index is 1.40. The number of halogens is 1. The van der Waals surface area contributed by atoms with Crippen LogP contribution in [-0.4, -0.2) is 39.8 Å². The maximum absolute atomic E-state index is 13.5. The second kappa shape index (κ2) is 8.02. The van der Waals surface area contributed by atoms with E-state index in [0.29, 0.717) is 48.2 Å². The second-order valence-electron chi connectivity index (χ2n) is 8.25. The van der Waals surface area contributed by atoms with Gasteiger partial charge >= 0.3 is 0 Å². The first-order chi connectivity index (χ1) is 14.9. The molecule has 2 aromatic heterocycles. The summed E-state index contributed by atoms with van der Waals surface area (Å²) >= 11 is 7.42. The summed E-state index contributed by atoms with van der Waals surface area (Å²) in [5.41, 5.74) is 7.71. The molecule has 0 radical (unpaired) electrons. The number of Topliss-reactive ketones (excluding diaryl/α,β-unsaturated/α-hetero) is 1. The van der Waals surface area contributed by atoms with Crippen LogP contribution in [0.3, 0.4) is 0 Å². The highest BCUT2D eigenvalue weighted by atomic mass is 35.5. The first-order valence-electron chi connectivity index (χ1n) is 10.4. The molecule has 4 N–H and O–H groups in total. The summed E-state index contributed by atoms with van der Waals surface area (Å²) in [6.07, 6.45) is 3.61. The molecule has 9 heteroatoms. The number of nitrogens with one attached hydrogen (secondary N) is 2. The number of thiazole rings is 1. The molecule has 1 aliphatic heterocycles. The summed E-state index contributed by atoms with van der Waals surface area (Å²) in [5.74, 6) is -0.478. The lowest BCUT2D eigenvalue weighted by Gasteiger charge is -2.39. The maximum atomic E-state index is 13.5. The number of hydrogen-bond donors (Lipinski definition) is 3. The van der Waals surface area contributed by atoms with Crippen molar-refractivity contribution >= 4 is 45.5 Å². The number of ether oxygens (including phenoxy) is 1. The van der Waals surface area contributed by atoms with E-state index in [1.54, 1.807) is 18.2 Å². The number of carbonyl (C=O) groups is 2. The Morgan fingerprint density at radius 3 is 3.03 bits per heavy atom. The van der Waals surface area contributed by atoms with Crippen LogP contribution in [0.2, 0.25) is 5.02 Å². The van der Waals surface area contributed by atoms with E-state index in [2.05, 4.69) is 15.3 Å². The zero-order chi connectivity index (χ0) is 21.6. The van der Waals surface area contributed by atoms with E-state index in [1.165, 1.54) is 11.3 Å². The Bertz CT molecular complexity index is 1150. The third kappa shape index (κ3) is 3.78. The molecule has 0 bridgehead atoms. The number of aromatic nitrogens is 2. The highest BCUT2D eigenvalue weighted by Crippen LogP contribution is 2.32. The molecule has 1 amide bonds. The van der Waals surface area contributed by atoms with E-state index >= 15 is 0 Å². The summed E-state index contributed by atoms with van der Waals surface area (Å²) in [4.78, 5) is 35.1. The van der Waals surface area contributed by atoms with E-state index < -0.39 is 11.6 Å². The zero-order valence-electron chi connectivity index (χ0n) is 16.9. The summed E-state index contributed by atoms with van der Waals surface area (Å²) in [6.45, 7) is 1.12. The van der Waals surface area contributed by atoms with Gasteiger partial charge in [0.25, 0.3) is 5.91 Å². The number of carbonyl (C=O) groups excluding carboxylic acids is 2. The van der Waals surface area contributed by atoms with Gasteiger partial charge in [0, 0.05) is 22.3 Å². The van der Waals surface area contributed by atoms with E-state index in [1.807, 2.05) is 6.07 Å². The minimum atomic E-state index is -1.18. The molecular formula is C22H23ClN4O3S. The van der Waals surface area contributed by atoms with Gasteiger partial charge in [-0.25, -0.2) is 4.98 Å². The van der Waals surface area contributed by atoms with Crippen LogP contribution in [0.5, 0.6) is 0 Å². The molecule has 3 aromatic rings. The standard InChI is InChI=1S/C22H23ClN4O3S/c23-13-4-5-14-12(9-13)10-16(25-14)19(28)22(24)7-2-1-3-18(22)27-20(29)21-26-15-6-8-30-11-17(15)31-21/h4-5,9-10,18,25H,1-3,6-8,11,24H2,(H,27,29). The number of H-pyrrole nitrogens is 1. The third-order valence-electron chi connectivity index (χ3n) is 6.20. The Kier molecular flexibility index (Phi) is 5.34. The van der Waals surface area contributed by atoms with Gasteiger partial charge in [-0.1, -0.05) is 24.4 Å². The van der Waals surface area contributed by atoms with Crippen molar-refractivity contribution in [3.05, 3.63) is 50.6 Å². The number of nitrogens with zero attached hydrogens (tertiary/aromatic N) is 1. The van der Waals surface area contributed by atoms with Crippen molar-refractivity contribution in [3.63, 3.8) is 0 Å². The molecule has 0 spiro atoms. The molecule has 2 atom stereocenters. The number of fused-ring (bicyclic) bond motifs is 2. The van der Waals surface area contributed by atoms with Crippen molar-refractivity contribution in [1.29, 1.82) is 0 Å². The molecule has 3 heterocycles. The number of hydrogen-bond acceptors (Lipinski definition) is 6. The fourth-order valence-electron chi connectivity index (χ4n) is 4.49. The number of aromatic amines is 1. The molecule has 1 fully saturated rings. The van der Waals surface area contributed by atoms with E-state index in [0.717, 1.165) is 34.3 Å². The topological polar surface area (TPSA) is 110 Å². The van der Waals surface area contributed by atoms with E-state index in [-0.39, 0.29) is 11.7 Å². The second-order valence-corrected chi connectivity index (χ2v) is 9.77. The van der Waals surface area contributed by atoms with Gasteiger partial charge in [-0.2, -0.15) is 0 Å². The molecule has 1 aromatic carbocycles. The van der Waals surface area contributed by atoms with Crippen LogP contribution in [-0.2, 0) is 17.8 Å². The first kappa shape index (κ1) is 20.6. The summed E-state index contributed by atoms with van der Waals surface area (Å²) in [5, 5.41) is 4.87. The van der Waals surface area contributed by atoms with Crippen LogP contribution in [0.25, 0.3) is 10.9 Å². The molecule has 2 aliphatic rings. The van der Waals surface area contributed by atoms with E-state index in [4.69, 9.17) is 22.1 Å². The van der Waals surface area contributed by atoms with Crippen molar-refractivity contribution in [1.82, 2.24) is 15.3 Å². The lowest BCUT2D eigenvalue weighted by atomic mass is 9.74. The van der Waals surface area contributed by atoms with Gasteiger partial charge in [0.15, 0.2) is 5.01 Å². The Hall–Kier alpha value is -2.26. The SMILES string of the molecule is NC1(C(=O)c2cc3cc(Cl)ccc3[nH]2)CCCCC1NC(=O)c1nc2c(s1)COCC2. The predicted octanol–water partition coefficient (Wildman–Crippen LogP) is 3.60. The fourth-order valence-corrected chi connectivity index (χ4v) is 5.62. The average molecular weight is 459 g/mol. The molecule has 1 aliphatic carbocycles. The van der Waals surface area contributed by atoms with Crippen molar-refractivity contribution in [2.45, 2.75) is 50.3 Å². The minimum absolute atomic E-state index is 0.198. The quantitative estimate of drug-likeness (QED) is 0.517. The largest absolute Gasteiger partial charge is 0.375 e. The number of nitrogens with two attached hydrogens (primary N) is 1. The zero-order valence-corrected chi connectivity index (χ0v) is 18.4. The van der Waals surface area contributed by atoms with Crippen LogP contribution >= 0.6 is 22.9 Å². The Morgan fingerprint density at radius 1 is 1.32 bits per heavy atom. The van der Waals surface area contributed by atoms with Crippen LogP contribution in [0.4, 0.5) is 0 Å². The smallest absolute Gasteiger partial charge is 0.280 e.